The van der Waals surface area contributed by atoms with Gasteiger partial charge < -0.3 is 10.1 Å². The molecule has 1 rings (SSSR count). The maximum Gasteiger partial charge on any atom is 0.0594 e. The summed E-state index contributed by atoms with van der Waals surface area (Å²) in [4.78, 5) is 2.62. The SMILES string of the molecule is CCCCCCCC(NCCC)C(C)(C)N1CCOCC1. The van der Waals surface area contributed by atoms with E-state index in [-0.39, 0.29) is 5.54 Å². The Bertz CT molecular complexity index is 250. The third-order valence-electron chi connectivity index (χ3n) is 4.92. The second-order valence-corrected chi connectivity index (χ2v) is 6.96. The standard InChI is InChI=1S/C18H38N2O/c1-5-7-8-9-10-11-17(19-12-6-2)18(3,4)20-13-15-21-16-14-20/h17,19H,5-16H2,1-4H3. The van der Waals surface area contributed by atoms with Gasteiger partial charge in [0, 0.05) is 24.7 Å². The third-order valence-corrected chi connectivity index (χ3v) is 4.92. The molecule has 0 amide bonds. The van der Waals surface area contributed by atoms with Gasteiger partial charge in [-0.25, -0.2) is 0 Å². The van der Waals surface area contributed by atoms with E-state index in [1.165, 1.54) is 44.9 Å². The summed E-state index contributed by atoms with van der Waals surface area (Å²) in [5.74, 6) is 0. The lowest BCUT2D eigenvalue weighted by molar-refractivity contribution is -0.0246. The first-order valence-corrected chi connectivity index (χ1v) is 9.19. The lowest BCUT2D eigenvalue weighted by Gasteiger charge is -2.46. The molecule has 0 radical (unpaired) electrons. The van der Waals surface area contributed by atoms with Crippen molar-refractivity contribution in [2.45, 2.75) is 84.2 Å². The van der Waals surface area contributed by atoms with Crippen LogP contribution in [0.15, 0.2) is 0 Å². The number of nitrogens with zero attached hydrogens (tertiary/aromatic N) is 1. The van der Waals surface area contributed by atoms with Crippen molar-refractivity contribution in [3.8, 4) is 0 Å². The Labute approximate surface area is 132 Å². The number of morpholine rings is 1. The molecule has 1 aliphatic rings. The van der Waals surface area contributed by atoms with Crippen molar-refractivity contribution in [1.29, 1.82) is 0 Å². The smallest absolute Gasteiger partial charge is 0.0594 e. The number of hydrogen-bond acceptors (Lipinski definition) is 3. The average Bonchev–Trinajstić information content (AvgIpc) is 2.50. The van der Waals surface area contributed by atoms with Gasteiger partial charge in [-0.05, 0) is 33.2 Å². The summed E-state index contributed by atoms with van der Waals surface area (Å²) in [6.45, 7) is 14.4. The molecule has 0 aromatic rings. The van der Waals surface area contributed by atoms with Gasteiger partial charge in [-0.3, -0.25) is 4.90 Å². The van der Waals surface area contributed by atoms with Crippen LogP contribution < -0.4 is 5.32 Å². The highest BCUT2D eigenvalue weighted by Gasteiger charge is 2.35. The number of rotatable bonds is 11. The van der Waals surface area contributed by atoms with Crippen LogP contribution in [0.25, 0.3) is 0 Å². The van der Waals surface area contributed by atoms with E-state index in [4.69, 9.17) is 4.74 Å². The summed E-state index contributed by atoms with van der Waals surface area (Å²) in [7, 11) is 0. The van der Waals surface area contributed by atoms with Crippen molar-refractivity contribution in [3.05, 3.63) is 0 Å². The van der Waals surface area contributed by atoms with Crippen LogP contribution in [-0.2, 0) is 4.74 Å². The fraction of sp³-hybridized carbons (Fsp3) is 1.00. The molecule has 21 heavy (non-hydrogen) atoms. The molecule has 126 valence electrons. The summed E-state index contributed by atoms with van der Waals surface area (Å²) < 4.78 is 5.52. The zero-order valence-electron chi connectivity index (χ0n) is 14.9. The molecule has 0 spiro atoms. The van der Waals surface area contributed by atoms with Gasteiger partial charge in [0.1, 0.15) is 0 Å². The lowest BCUT2D eigenvalue weighted by Crippen LogP contribution is -2.60. The van der Waals surface area contributed by atoms with Gasteiger partial charge in [0.25, 0.3) is 0 Å². The number of hydrogen-bond donors (Lipinski definition) is 1. The molecule has 0 bridgehead atoms. The molecule has 1 aliphatic heterocycles. The minimum Gasteiger partial charge on any atom is -0.379 e. The zero-order valence-corrected chi connectivity index (χ0v) is 14.9. The van der Waals surface area contributed by atoms with Crippen LogP contribution in [0.2, 0.25) is 0 Å². The summed E-state index contributed by atoms with van der Waals surface area (Å²) >= 11 is 0. The molecule has 1 fully saturated rings. The van der Waals surface area contributed by atoms with E-state index in [1.807, 2.05) is 0 Å². The molecule has 3 heteroatoms. The van der Waals surface area contributed by atoms with Crippen LogP contribution in [0.1, 0.15) is 72.6 Å². The van der Waals surface area contributed by atoms with Crippen LogP contribution in [0.5, 0.6) is 0 Å². The van der Waals surface area contributed by atoms with E-state index in [1.54, 1.807) is 0 Å². The summed E-state index contributed by atoms with van der Waals surface area (Å²) in [6.07, 6.45) is 9.37. The summed E-state index contributed by atoms with van der Waals surface area (Å²) in [6, 6.07) is 0.595. The van der Waals surface area contributed by atoms with Gasteiger partial charge in [-0.15, -0.1) is 0 Å². The fourth-order valence-electron chi connectivity index (χ4n) is 3.34. The Morgan fingerprint density at radius 3 is 2.29 bits per heavy atom. The first-order valence-electron chi connectivity index (χ1n) is 9.19. The molecular weight excluding hydrogens is 260 g/mol. The Kier molecular flexibility index (Phi) is 9.54. The van der Waals surface area contributed by atoms with Gasteiger partial charge in [0.05, 0.1) is 13.2 Å². The average molecular weight is 299 g/mol. The number of ether oxygens (including phenoxy) is 1. The fourth-order valence-corrected chi connectivity index (χ4v) is 3.34. The Balaban J connectivity index is 2.48. The molecule has 1 saturated heterocycles. The normalized spacial score (nSPS) is 18.9. The van der Waals surface area contributed by atoms with Crippen LogP contribution in [-0.4, -0.2) is 49.3 Å². The van der Waals surface area contributed by atoms with Gasteiger partial charge in [-0.1, -0.05) is 46.0 Å². The summed E-state index contributed by atoms with van der Waals surface area (Å²) in [5.41, 5.74) is 0.226. The minimum atomic E-state index is 0.226. The first kappa shape index (κ1) is 18.9. The Morgan fingerprint density at radius 1 is 1.00 bits per heavy atom. The largest absolute Gasteiger partial charge is 0.379 e. The van der Waals surface area contributed by atoms with E-state index in [9.17, 15) is 0 Å². The molecule has 0 aromatic carbocycles. The minimum absolute atomic E-state index is 0.226. The van der Waals surface area contributed by atoms with E-state index < -0.39 is 0 Å². The quantitative estimate of drug-likeness (QED) is 0.587. The van der Waals surface area contributed by atoms with Crippen molar-refractivity contribution >= 4 is 0 Å². The third kappa shape index (κ3) is 6.66. The molecule has 0 saturated carbocycles. The van der Waals surface area contributed by atoms with Gasteiger partial charge in [-0.2, -0.15) is 0 Å². The molecule has 1 atom stereocenters. The van der Waals surface area contributed by atoms with E-state index in [0.717, 1.165) is 32.8 Å². The molecule has 0 aromatic heterocycles. The monoisotopic (exact) mass is 298 g/mol. The Morgan fingerprint density at radius 2 is 1.67 bits per heavy atom. The van der Waals surface area contributed by atoms with Crippen molar-refractivity contribution in [2.75, 3.05) is 32.8 Å². The van der Waals surface area contributed by atoms with Crippen LogP contribution in [0, 0.1) is 0 Å². The first-order chi connectivity index (χ1) is 10.1. The van der Waals surface area contributed by atoms with Gasteiger partial charge >= 0.3 is 0 Å². The van der Waals surface area contributed by atoms with E-state index in [0.29, 0.717) is 6.04 Å². The molecule has 1 unspecified atom stereocenters. The predicted molar refractivity (Wildman–Crippen MR) is 91.9 cm³/mol. The van der Waals surface area contributed by atoms with Crippen molar-refractivity contribution < 1.29 is 4.74 Å². The van der Waals surface area contributed by atoms with Crippen molar-refractivity contribution in [1.82, 2.24) is 10.2 Å². The van der Waals surface area contributed by atoms with Gasteiger partial charge in [0.15, 0.2) is 0 Å². The highest BCUT2D eigenvalue weighted by atomic mass is 16.5. The molecule has 0 aliphatic carbocycles. The van der Waals surface area contributed by atoms with E-state index >= 15 is 0 Å². The summed E-state index contributed by atoms with van der Waals surface area (Å²) in [5, 5.41) is 3.82. The molecule has 3 nitrogen and oxygen atoms in total. The van der Waals surface area contributed by atoms with Crippen LogP contribution in [0.3, 0.4) is 0 Å². The Hall–Kier alpha value is -0.120. The highest BCUT2D eigenvalue weighted by Crippen LogP contribution is 2.24. The van der Waals surface area contributed by atoms with Crippen molar-refractivity contribution in [3.63, 3.8) is 0 Å². The van der Waals surface area contributed by atoms with E-state index in [2.05, 4.69) is 37.9 Å². The van der Waals surface area contributed by atoms with Crippen LogP contribution >= 0.6 is 0 Å². The second kappa shape index (κ2) is 10.6. The molecule has 1 N–H and O–H groups in total. The molecular formula is C18H38N2O. The van der Waals surface area contributed by atoms with Crippen molar-refractivity contribution in [2.24, 2.45) is 0 Å². The number of unbranched alkanes of at least 4 members (excludes halogenated alkanes) is 4. The zero-order chi connectivity index (χ0) is 15.6. The highest BCUT2D eigenvalue weighted by molar-refractivity contribution is 4.94. The maximum atomic E-state index is 5.52. The maximum absolute atomic E-state index is 5.52. The topological polar surface area (TPSA) is 24.5 Å². The molecule has 1 heterocycles. The van der Waals surface area contributed by atoms with Gasteiger partial charge in [0.2, 0.25) is 0 Å². The predicted octanol–water partition coefficient (Wildman–Crippen LogP) is 3.83. The second-order valence-electron chi connectivity index (χ2n) is 6.96. The number of nitrogens with one attached hydrogen (secondary N) is 1. The van der Waals surface area contributed by atoms with Crippen LogP contribution in [0.4, 0.5) is 0 Å². The lowest BCUT2D eigenvalue weighted by atomic mass is 9.87.